The Bertz CT molecular complexity index is 918. The molecule has 0 unspecified atom stereocenters. The van der Waals surface area contributed by atoms with E-state index in [1.807, 2.05) is 6.07 Å². The smallest absolute Gasteiger partial charge is 0.293 e. The van der Waals surface area contributed by atoms with E-state index < -0.39 is 17.0 Å². The van der Waals surface area contributed by atoms with E-state index >= 15 is 0 Å². The summed E-state index contributed by atoms with van der Waals surface area (Å²) in [5.41, 5.74) is 0.236. The number of imide groups is 1. The van der Waals surface area contributed by atoms with Gasteiger partial charge >= 0.3 is 0 Å². The number of rotatable bonds is 6. The van der Waals surface area contributed by atoms with Gasteiger partial charge in [-0.25, -0.2) is 4.39 Å². The van der Waals surface area contributed by atoms with E-state index in [0.29, 0.717) is 16.0 Å². The molecule has 0 atom stereocenters. The number of ether oxygens (including phenoxy) is 2. The molecule has 1 saturated heterocycles. The molecule has 1 fully saturated rings. The fraction of sp³-hybridized carbons (Fsp3) is 0.158. The van der Waals surface area contributed by atoms with Gasteiger partial charge in [0.05, 0.1) is 18.6 Å². The summed E-state index contributed by atoms with van der Waals surface area (Å²) < 4.78 is 25.4. The quantitative estimate of drug-likeness (QED) is 0.595. The molecular weight excluding hydrogens is 437 g/mol. The van der Waals surface area contributed by atoms with Crippen LogP contribution in [0.1, 0.15) is 5.56 Å². The van der Waals surface area contributed by atoms with Crippen molar-refractivity contribution >= 4 is 44.9 Å². The number of carbonyl (C=O) groups excluding carboxylic acids is 2. The van der Waals surface area contributed by atoms with E-state index in [1.54, 1.807) is 30.3 Å². The molecule has 5 nitrogen and oxygen atoms in total. The number of nitrogens with zero attached hydrogens (tertiary/aromatic N) is 1. The van der Waals surface area contributed by atoms with Crippen LogP contribution in [0.25, 0.3) is 6.08 Å². The highest BCUT2D eigenvalue weighted by molar-refractivity contribution is 9.10. The largest absolute Gasteiger partial charge is 0.493 e. The third-order valence-corrected chi connectivity index (χ3v) is 5.16. The van der Waals surface area contributed by atoms with Gasteiger partial charge in [0.2, 0.25) is 0 Å². The van der Waals surface area contributed by atoms with Crippen LogP contribution in [0, 0.1) is 5.82 Å². The first-order chi connectivity index (χ1) is 13.0. The minimum atomic E-state index is -0.468. The third-order valence-electron chi connectivity index (χ3n) is 3.76. The van der Waals surface area contributed by atoms with Crippen molar-refractivity contribution in [3.8, 4) is 11.5 Å². The number of amides is 2. The van der Waals surface area contributed by atoms with Gasteiger partial charge in [-0.1, -0.05) is 28.1 Å². The highest BCUT2D eigenvalue weighted by atomic mass is 79.9. The normalized spacial score (nSPS) is 15.5. The fourth-order valence-corrected chi connectivity index (χ4v) is 3.68. The molecule has 0 radical (unpaired) electrons. The molecule has 1 aliphatic heterocycles. The van der Waals surface area contributed by atoms with Crippen LogP contribution in [-0.4, -0.2) is 36.3 Å². The summed E-state index contributed by atoms with van der Waals surface area (Å²) in [4.78, 5) is 25.9. The second-order valence-electron chi connectivity index (χ2n) is 5.50. The zero-order chi connectivity index (χ0) is 19.4. The second-order valence-corrected chi connectivity index (χ2v) is 7.41. The number of hydrogen-bond donors (Lipinski definition) is 0. The van der Waals surface area contributed by atoms with Crippen LogP contribution in [0.15, 0.2) is 51.8 Å². The van der Waals surface area contributed by atoms with Crippen LogP contribution in [0.4, 0.5) is 9.18 Å². The maximum absolute atomic E-state index is 13.9. The van der Waals surface area contributed by atoms with Crippen molar-refractivity contribution < 1.29 is 23.5 Å². The standard InChI is InChI=1S/C19H15BrFNO4S/c1-25-15-4-2-3-5-16(15)26-9-8-22-18(23)17(27-19(22)24)11-12-10-13(20)6-7-14(12)21/h2-7,10-11H,8-9H2,1H3/b17-11-. The average molecular weight is 452 g/mol. The highest BCUT2D eigenvalue weighted by Crippen LogP contribution is 2.33. The Hall–Kier alpha value is -2.32. The monoisotopic (exact) mass is 451 g/mol. The lowest BCUT2D eigenvalue weighted by molar-refractivity contribution is -0.123. The number of hydrogen-bond acceptors (Lipinski definition) is 5. The Morgan fingerprint density at radius 1 is 1.19 bits per heavy atom. The first kappa shape index (κ1) is 19.4. The maximum atomic E-state index is 13.9. The number of carbonyl (C=O) groups is 2. The molecule has 3 rings (SSSR count). The molecule has 0 N–H and O–H groups in total. The second kappa shape index (κ2) is 8.58. The van der Waals surface area contributed by atoms with Crippen molar-refractivity contribution in [3.05, 3.63) is 63.2 Å². The molecule has 1 aliphatic rings. The summed E-state index contributed by atoms with van der Waals surface area (Å²) in [5, 5.41) is -0.412. The van der Waals surface area contributed by atoms with Gasteiger partial charge in [-0.05, 0) is 48.2 Å². The van der Waals surface area contributed by atoms with Crippen LogP contribution < -0.4 is 9.47 Å². The van der Waals surface area contributed by atoms with Crippen molar-refractivity contribution in [1.82, 2.24) is 4.90 Å². The summed E-state index contributed by atoms with van der Waals surface area (Å²) in [6.07, 6.45) is 1.38. The molecule has 1 heterocycles. The van der Waals surface area contributed by atoms with Gasteiger partial charge in [0.25, 0.3) is 11.1 Å². The number of methoxy groups -OCH3 is 1. The van der Waals surface area contributed by atoms with E-state index in [1.165, 1.54) is 19.3 Å². The summed E-state index contributed by atoms with van der Waals surface area (Å²) in [5.74, 6) is 0.160. The average Bonchev–Trinajstić information content (AvgIpc) is 2.92. The Kier molecular flexibility index (Phi) is 6.18. The predicted molar refractivity (Wildman–Crippen MR) is 105 cm³/mol. The molecule has 0 saturated carbocycles. The lowest BCUT2D eigenvalue weighted by Crippen LogP contribution is -2.32. The molecule has 0 aliphatic carbocycles. The minimum absolute atomic E-state index is 0.0843. The van der Waals surface area contributed by atoms with Crippen molar-refractivity contribution in [2.75, 3.05) is 20.3 Å². The lowest BCUT2D eigenvalue weighted by Gasteiger charge is -2.14. The van der Waals surface area contributed by atoms with E-state index in [2.05, 4.69) is 15.9 Å². The van der Waals surface area contributed by atoms with Gasteiger partial charge in [-0.15, -0.1) is 0 Å². The topological polar surface area (TPSA) is 55.8 Å². The van der Waals surface area contributed by atoms with Crippen molar-refractivity contribution in [3.63, 3.8) is 0 Å². The van der Waals surface area contributed by atoms with Crippen LogP contribution in [-0.2, 0) is 4.79 Å². The Morgan fingerprint density at radius 2 is 1.93 bits per heavy atom. The zero-order valence-corrected chi connectivity index (χ0v) is 16.7. The van der Waals surface area contributed by atoms with Gasteiger partial charge in [0.1, 0.15) is 12.4 Å². The van der Waals surface area contributed by atoms with E-state index in [9.17, 15) is 14.0 Å². The third kappa shape index (κ3) is 4.51. The molecule has 27 heavy (non-hydrogen) atoms. The number of thioether (sulfide) groups is 1. The molecule has 0 spiro atoms. The number of benzene rings is 2. The van der Waals surface area contributed by atoms with Crippen LogP contribution in [0.5, 0.6) is 11.5 Å². The van der Waals surface area contributed by atoms with Crippen LogP contribution in [0.2, 0.25) is 0 Å². The Morgan fingerprint density at radius 3 is 2.67 bits per heavy atom. The van der Waals surface area contributed by atoms with Gasteiger partial charge in [-0.2, -0.15) is 0 Å². The van der Waals surface area contributed by atoms with Crippen molar-refractivity contribution in [2.24, 2.45) is 0 Å². The van der Waals surface area contributed by atoms with E-state index in [4.69, 9.17) is 9.47 Å². The van der Waals surface area contributed by atoms with E-state index in [-0.39, 0.29) is 23.6 Å². The molecule has 0 bridgehead atoms. The highest BCUT2D eigenvalue weighted by Gasteiger charge is 2.35. The molecule has 2 aromatic carbocycles. The zero-order valence-electron chi connectivity index (χ0n) is 14.3. The lowest BCUT2D eigenvalue weighted by atomic mass is 10.2. The molecule has 2 amide bonds. The summed E-state index contributed by atoms with van der Waals surface area (Å²) in [6.45, 7) is 0.206. The molecule has 8 heteroatoms. The molecular formula is C19H15BrFNO4S. The van der Waals surface area contributed by atoms with Gasteiger partial charge in [0, 0.05) is 10.0 Å². The maximum Gasteiger partial charge on any atom is 0.293 e. The number of halogens is 2. The first-order valence-corrected chi connectivity index (χ1v) is 9.57. The molecule has 0 aromatic heterocycles. The summed E-state index contributed by atoms with van der Waals surface area (Å²) in [6, 6.07) is 11.5. The Labute approximate surface area is 168 Å². The van der Waals surface area contributed by atoms with Crippen LogP contribution >= 0.6 is 27.7 Å². The fourth-order valence-electron chi connectivity index (χ4n) is 2.44. The molecule has 140 valence electrons. The predicted octanol–water partition coefficient (Wildman–Crippen LogP) is 4.71. The molecule has 2 aromatic rings. The van der Waals surface area contributed by atoms with Crippen LogP contribution in [0.3, 0.4) is 0 Å². The first-order valence-electron chi connectivity index (χ1n) is 7.96. The van der Waals surface area contributed by atoms with Gasteiger partial charge < -0.3 is 9.47 Å². The SMILES string of the molecule is COc1ccccc1OCCN1C(=O)S/C(=C\c2cc(Br)ccc2F)C1=O. The van der Waals surface area contributed by atoms with Gasteiger partial charge in [-0.3, -0.25) is 14.5 Å². The van der Waals surface area contributed by atoms with E-state index in [0.717, 1.165) is 16.7 Å². The van der Waals surface area contributed by atoms with Gasteiger partial charge in [0.15, 0.2) is 11.5 Å². The van der Waals surface area contributed by atoms with Crippen molar-refractivity contribution in [2.45, 2.75) is 0 Å². The van der Waals surface area contributed by atoms with Crippen molar-refractivity contribution in [1.29, 1.82) is 0 Å². The number of para-hydroxylation sites is 2. The summed E-state index contributed by atoms with van der Waals surface area (Å²) in [7, 11) is 1.53. The Balaban J connectivity index is 1.67. The minimum Gasteiger partial charge on any atom is -0.493 e. The summed E-state index contributed by atoms with van der Waals surface area (Å²) >= 11 is 4.04.